The van der Waals surface area contributed by atoms with Gasteiger partial charge in [0, 0.05) is 18.3 Å². The van der Waals surface area contributed by atoms with Crippen LogP contribution in [0.25, 0.3) is 0 Å². The molecule has 0 aromatic rings. The molecule has 4 aliphatic carbocycles. The first-order chi connectivity index (χ1) is 9.59. The van der Waals surface area contributed by atoms with E-state index in [1.54, 1.807) is 6.08 Å². The molecule has 0 spiro atoms. The van der Waals surface area contributed by atoms with Crippen molar-refractivity contribution in [2.45, 2.75) is 51.9 Å². The zero-order chi connectivity index (χ0) is 13.9. The Labute approximate surface area is 120 Å². The molecule has 0 saturated heterocycles. The van der Waals surface area contributed by atoms with Crippen molar-refractivity contribution in [2.24, 2.45) is 23.2 Å². The van der Waals surface area contributed by atoms with E-state index >= 15 is 0 Å². The number of hydrogen-bond donors (Lipinski definition) is 0. The number of rotatable bonds is 0. The molecule has 20 heavy (non-hydrogen) atoms. The van der Waals surface area contributed by atoms with E-state index in [-0.39, 0.29) is 11.2 Å². The Morgan fingerprint density at radius 2 is 1.95 bits per heavy atom. The monoisotopic (exact) mass is 270 g/mol. The van der Waals surface area contributed by atoms with Gasteiger partial charge in [-0.25, -0.2) is 0 Å². The summed E-state index contributed by atoms with van der Waals surface area (Å²) in [5.41, 5.74) is 2.82. The lowest BCUT2D eigenvalue weighted by molar-refractivity contribution is -0.129. The van der Waals surface area contributed by atoms with Gasteiger partial charge in [0.2, 0.25) is 0 Å². The Balaban J connectivity index is 1.69. The standard InChI is InChI=1S/C18H22O2/c1-18-9-8-14-13-5-3-12(19)10-11(13)2-4-15(14)16(18)6-7-17(18)20/h3,5,14-16H,2,4,6-10H2,1H3/t14-,15+,16-,18-/m0/s1. The van der Waals surface area contributed by atoms with E-state index in [1.165, 1.54) is 17.6 Å². The zero-order valence-electron chi connectivity index (χ0n) is 12.2. The summed E-state index contributed by atoms with van der Waals surface area (Å²) in [6.07, 6.45) is 10.9. The number of Topliss-reactive ketones (excluding diaryl/α,β-unsaturated/α-hetero) is 1. The number of carbonyl (C=O) groups excluding carboxylic acids is 2. The third kappa shape index (κ3) is 1.57. The van der Waals surface area contributed by atoms with Crippen LogP contribution >= 0.6 is 0 Å². The molecule has 0 aromatic heterocycles. The SMILES string of the molecule is C[C@]12CC[C@H]3C4=C(CC[C@H]3[C@@H]1CCC2=O)CC(=O)C=C4. The van der Waals surface area contributed by atoms with Gasteiger partial charge in [0.1, 0.15) is 5.78 Å². The number of ketones is 2. The maximum Gasteiger partial charge on any atom is 0.159 e. The van der Waals surface area contributed by atoms with E-state index in [0.717, 1.165) is 32.1 Å². The summed E-state index contributed by atoms with van der Waals surface area (Å²) in [5.74, 6) is 2.66. The van der Waals surface area contributed by atoms with Crippen LogP contribution in [0.15, 0.2) is 23.3 Å². The molecule has 0 unspecified atom stereocenters. The molecule has 2 heteroatoms. The molecule has 2 nitrogen and oxygen atoms in total. The Kier molecular flexibility index (Phi) is 2.61. The Morgan fingerprint density at radius 1 is 1.10 bits per heavy atom. The molecule has 4 atom stereocenters. The second kappa shape index (κ2) is 4.16. The van der Waals surface area contributed by atoms with Crippen LogP contribution in [0.4, 0.5) is 0 Å². The number of hydrogen-bond acceptors (Lipinski definition) is 2. The topological polar surface area (TPSA) is 34.1 Å². The Morgan fingerprint density at radius 3 is 2.80 bits per heavy atom. The van der Waals surface area contributed by atoms with Gasteiger partial charge in [0.25, 0.3) is 0 Å². The molecule has 2 fully saturated rings. The molecule has 4 rings (SSSR count). The van der Waals surface area contributed by atoms with Crippen LogP contribution in [0.3, 0.4) is 0 Å². The lowest BCUT2D eigenvalue weighted by Gasteiger charge is -2.49. The van der Waals surface area contributed by atoms with Crippen LogP contribution in [0.2, 0.25) is 0 Å². The predicted octanol–water partition coefficient (Wildman–Crippen LogP) is 3.62. The minimum Gasteiger partial charge on any atom is -0.299 e. The first kappa shape index (κ1) is 12.6. The van der Waals surface area contributed by atoms with E-state index in [2.05, 4.69) is 13.0 Å². The maximum absolute atomic E-state index is 12.3. The van der Waals surface area contributed by atoms with Gasteiger partial charge in [0.05, 0.1) is 0 Å². The molecule has 4 aliphatic rings. The summed E-state index contributed by atoms with van der Waals surface area (Å²) >= 11 is 0. The highest BCUT2D eigenvalue weighted by Crippen LogP contribution is 2.59. The molecule has 0 N–H and O–H groups in total. The van der Waals surface area contributed by atoms with Crippen molar-refractivity contribution in [1.82, 2.24) is 0 Å². The summed E-state index contributed by atoms with van der Waals surface area (Å²) in [7, 11) is 0. The average Bonchev–Trinajstić information content (AvgIpc) is 2.74. The van der Waals surface area contributed by atoms with Crippen LogP contribution in [0.1, 0.15) is 51.9 Å². The van der Waals surface area contributed by atoms with E-state index in [9.17, 15) is 9.59 Å². The average molecular weight is 270 g/mol. The summed E-state index contributed by atoms with van der Waals surface area (Å²) in [4.78, 5) is 23.8. The van der Waals surface area contributed by atoms with Crippen LogP contribution in [-0.4, -0.2) is 11.6 Å². The largest absolute Gasteiger partial charge is 0.299 e. The van der Waals surface area contributed by atoms with Crippen molar-refractivity contribution in [3.63, 3.8) is 0 Å². The van der Waals surface area contributed by atoms with Crippen molar-refractivity contribution in [2.75, 3.05) is 0 Å². The quantitative estimate of drug-likeness (QED) is 0.673. The fourth-order valence-electron chi connectivity index (χ4n) is 5.48. The molecule has 2 saturated carbocycles. The summed E-state index contributed by atoms with van der Waals surface area (Å²) in [6, 6.07) is 0. The summed E-state index contributed by atoms with van der Waals surface area (Å²) in [5, 5.41) is 0. The molecule has 0 aromatic carbocycles. The van der Waals surface area contributed by atoms with Crippen molar-refractivity contribution in [3.05, 3.63) is 23.3 Å². The molecule has 0 heterocycles. The van der Waals surface area contributed by atoms with E-state index in [4.69, 9.17) is 0 Å². The highest BCUT2D eigenvalue weighted by molar-refractivity contribution is 5.93. The van der Waals surface area contributed by atoms with Crippen LogP contribution < -0.4 is 0 Å². The van der Waals surface area contributed by atoms with Gasteiger partial charge in [-0.3, -0.25) is 9.59 Å². The van der Waals surface area contributed by atoms with E-state index in [1.807, 2.05) is 0 Å². The highest BCUT2D eigenvalue weighted by atomic mass is 16.1. The number of fused-ring (bicyclic) bond motifs is 4. The third-order valence-corrected chi connectivity index (χ3v) is 6.57. The van der Waals surface area contributed by atoms with Crippen LogP contribution in [-0.2, 0) is 9.59 Å². The normalized spacial score (nSPS) is 43.4. The fraction of sp³-hybridized carbons (Fsp3) is 0.667. The second-order valence-corrected chi connectivity index (χ2v) is 7.37. The second-order valence-electron chi connectivity index (χ2n) is 7.37. The maximum atomic E-state index is 12.3. The van der Waals surface area contributed by atoms with Crippen LogP contribution in [0, 0.1) is 23.2 Å². The lowest BCUT2D eigenvalue weighted by Crippen LogP contribution is -2.43. The number of allylic oxidation sites excluding steroid dienone is 4. The molecule has 0 radical (unpaired) electrons. The molecule has 106 valence electrons. The fourth-order valence-corrected chi connectivity index (χ4v) is 5.48. The minimum absolute atomic E-state index is 0.0343. The first-order valence-corrected chi connectivity index (χ1v) is 8.06. The molecule has 0 bridgehead atoms. The van der Waals surface area contributed by atoms with Gasteiger partial charge < -0.3 is 0 Å². The van der Waals surface area contributed by atoms with Crippen molar-refractivity contribution in [3.8, 4) is 0 Å². The Hall–Kier alpha value is -1.18. The van der Waals surface area contributed by atoms with Crippen molar-refractivity contribution in [1.29, 1.82) is 0 Å². The predicted molar refractivity (Wildman–Crippen MR) is 77.1 cm³/mol. The van der Waals surface area contributed by atoms with Gasteiger partial charge >= 0.3 is 0 Å². The smallest absolute Gasteiger partial charge is 0.159 e. The van der Waals surface area contributed by atoms with Crippen molar-refractivity contribution >= 4 is 11.6 Å². The van der Waals surface area contributed by atoms with Gasteiger partial charge in [-0.2, -0.15) is 0 Å². The Bertz CT molecular complexity index is 554. The number of carbonyl (C=O) groups is 2. The highest BCUT2D eigenvalue weighted by Gasteiger charge is 2.54. The van der Waals surface area contributed by atoms with Gasteiger partial charge in [0.15, 0.2) is 5.78 Å². The van der Waals surface area contributed by atoms with Gasteiger partial charge in [-0.15, -0.1) is 0 Å². The zero-order valence-corrected chi connectivity index (χ0v) is 12.2. The molecule has 0 amide bonds. The third-order valence-electron chi connectivity index (χ3n) is 6.57. The first-order valence-electron chi connectivity index (χ1n) is 8.06. The lowest BCUT2D eigenvalue weighted by atomic mass is 9.55. The minimum atomic E-state index is -0.0343. The molecule has 0 aliphatic heterocycles. The summed E-state index contributed by atoms with van der Waals surface area (Å²) < 4.78 is 0. The van der Waals surface area contributed by atoms with Crippen LogP contribution in [0.5, 0.6) is 0 Å². The molecular formula is C18H22O2. The van der Waals surface area contributed by atoms with Gasteiger partial charge in [-0.05, 0) is 61.5 Å². The van der Waals surface area contributed by atoms with E-state index in [0.29, 0.717) is 30.0 Å². The van der Waals surface area contributed by atoms with Crippen molar-refractivity contribution < 1.29 is 9.59 Å². The molecular weight excluding hydrogens is 248 g/mol. The van der Waals surface area contributed by atoms with E-state index < -0.39 is 0 Å². The summed E-state index contributed by atoms with van der Waals surface area (Å²) in [6.45, 7) is 2.22. The van der Waals surface area contributed by atoms with Gasteiger partial charge in [-0.1, -0.05) is 18.6 Å².